The molecule has 0 aliphatic heterocycles. The van der Waals surface area contributed by atoms with Crippen molar-refractivity contribution in [3.05, 3.63) is 23.8 Å². The molecule has 1 aromatic rings. The van der Waals surface area contributed by atoms with Gasteiger partial charge in [0.05, 0.1) is 4.90 Å². The summed E-state index contributed by atoms with van der Waals surface area (Å²) in [6, 6.07) is 5.07. The largest absolute Gasteiger partial charge is 0.362 e. The zero-order chi connectivity index (χ0) is 16.8. The van der Waals surface area contributed by atoms with Crippen LogP contribution in [0.4, 0.5) is 5.69 Å². The van der Waals surface area contributed by atoms with Crippen LogP contribution in [0.15, 0.2) is 23.1 Å². The lowest BCUT2D eigenvalue weighted by atomic mass is 10.2. The van der Waals surface area contributed by atoms with Gasteiger partial charge in [0, 0.05) is 25.3 Å². The van der Waals surface area contributed by atoms with Crippen LogP contribution in [0.5, 0.6) is 0 Å². The predicted octanol–water partition coefficient (Wildman–Crippen LogP) is 2.72. The molecule has 0 saturated heterocycles. The lowest BCUT2D eigenvalue weighted by Gasteiger charge is -2.20. The molecule has 22 heavy (non-hydrogen) atoms. The molecule has 0 atom stereocenters. The molecule has 124 valence electrons. The van der Waals surface area contributed by atoms with E-state index in [2.05, 4.69) is 17.6 Å². The number of benzene rings is 1. The third-order valence-electron chi connectivity index (χ3n) is 3.34. The van der Waals surface area contributed by atoms with Gasteiger partial charge in [0.2, 0.25) is 10.0 Å². The number of rotatable bonds is 7. The molecule has 7 heteroatoms. The Hall–Kier alpha value is -1.18. The second-order valence-electron chi connectivity index (χ2n) is 4.95. The van der Waals surface area contributed by atoms with Gasteiger partial charge < -0.3 is 10.6 Å². The summed E-state index contributed by atoms with van der Waals surface area (Å²) in [5.41, 5.74) is 1.65. The summed E-state index contributed by atoms with van der Waals surface area (Å²) in [5, 5.41) is 6.64. The molecule has 0 saturated carbocycles. The van der Waals surface area contributed by atoms with Gasteiger partial charge in [-0.2, -0.15) is 4.31 Å². The van der Waals surface area contributed by atoms with Crippen molar-refractivity contribution < 1.29 is 8.42 Å². The molecule has 5 nitrogen and oxygen atoms in total. The molecule has 0 radical (unpaired) electrons. The summed E-state index contributed by atoms with van der Waals surface area (Å²) >= 11 is 5.21. The number of thiocarbonyl (C=S) groups is 1. The smallest absolute Gasteiger partial charge is 0.243 e. The Kier molecular flexibility index (Phi) is 7.25. The van der Waals surface area contributed by atoms with E-state index in [-0.39, 0.29) is 4.90 Å². The van der Waals surface area contributed by atoms with Gasteiger partial charge in [-0.3, -0.25) is 0 Å². The van der Waals surface area contributed by atoms with Crippen molar-refractivity contribution in [3.63, 3.8) is 0 Å². The normalized spacial score (nSPS) is 11.5. The van der Waals surface area contributed by atoms with Crippen LogP contribution in [0.25, 0.3) is 0 Å². The van der Waals surface area contributed by atoms with Gasteiger partial charge in [0.1, 0.15) is 0 Å². The Morgan fingerprint density at radius 1 is 1.23 bits per heavy atom. The average Bonchev–Trinajstić information content (AvgIpc) is 2.48. The zero-order valence-electron chi connectivity index (χ0n) is 13.6. The maximum atomic E-state index is 12.6. The quantitative estimate of drug-likeness (QED) is 0.746. The van der Waals surface area contributed by atoms with Crippen LogP contribution < -0.4 is 10.6 Å². The zero-order valence-corrected chi connectivity index (χ0v) is 15.3. The van der Waals surface area contributed by atoms with Crippen LogP contribution in [-0.2, 0) is 10.0 Å². The van der Waals surface area contributed by atoms with Gasteiger partial charge in [-0.1, -0.05) is 26.8 Å². The number of hydrogen-bond acceptors (Lipinski definition) is 3. The van der Waals surface area contributed by atoms with E-state index in [4.69, 9.17) is 12.2 Å². The maximum Gasteiger partial charge on any atom is 0.243 e. The highest BCUT2D eigenvalue weighted by atomic mass is 32.2. The van der Waals surface area contributed by atoms with E-state index in [0.29, 0.717) is 23.9 Å². The number of anilines is 1. The van der Waals surface area contributed by atoms with Crippen LogP contribution in [-0.4, -0.2) is 37.5 Å². The number of sulfonamides is 1. The second-order valence-corrected chi connectivity index (χ2v) is 7.29. The van der Waals surface area contributed by atoms with Crippen LogP contribution >= 0.6 is 12.2 Å². The topological polar surface area (TPSA) is 61.4 Å². The van der Waals surface area contributed by atoms with E-state index >= 15 is 0 Å². The highest BCUT2D eigenvalue weighted by molar-refractivity contribution is 7.89. The first-order valence-corrected chi connectivity index (χ1v) is 9.37. The van der Waals surface area contributed by atoms with E-state index in [1.165, 1.54) is 4.31 Å². The lowest BCUT2D eigenvalue weighted by Crippen LogP contribution is -2.31. The minimum atomic E-state index is -3.46. The molecule has 0 bridgehead atoms. The molecule has 0 fully saturated rings. The molecule has 0 amide bonds. The molecule has 0 aliphatic carbocycles. The molecule has 1 aromatic carbocycles. The summed E-state index contributed by atoms with van der Waals surface area (Å²) in [7, 11) is -3.46. The van der Waals surface area contributed by atoms with Crippen molar-refractivity contribution in [2.75, 3.05) is 25.0 Å². The Labute approximate surface area is 139 Å². The Morgan fingerprint density at radius 3 is 2.41 bits per heavy atom. The molecular formula is C15H25N3O2S2. The van der Waals surface area contributed by atoms with Crippen molar-refractivity contribution in [3.8, 4) is 0 Å². The first-order chi connectivity index (χ1) is 10.4. The van der Waals surface area contributed by atoms with E-state index in [1.807, 2.05) is 20.8 Å². The third-order valence-corrected chi connectivity index (χ3v) is 5.63. The third kappa shape index (κ3) is 4.66. The maximum absolute atomic E-state index is 12.6. The van der Waals surface area contributed by atoms with Crippen LogP contribution in [0.3, 0.4) is 0 Å². The van der Waals surface area contributed by atoms with E-state index in [9.17, 15) is 8.42 Å². The number of aryl methyl sites for hydroxylation is 1. The van der Waals surface area contributed by atoms with E-state index in [0.717, 1.165) is 18.5 Å². The fraction of sp³-hybridized carbons (Fsp3) is 0.533. The molecule has 0 aromatic heterocycles. The fourth-order valence-corrected chi connectivity index (χ4v) is 3.71. The lowest BCUT2D eigenvalue weighted by molar-refractivity contribution is 0.445. The van der Waals surface area contributed by atoms with E-state index < -0.39 is 10.0 Å². The molecule has 1 rings (SSSR count). The first kappa shape index (κ1) is 18.9. The Morgan fingerprint density at radius 2 is 1.86 bits per heavy atom. The van der Waals surface area contributed by atoms with Crippen molar-refractivity contribution in [1.82, 2.24) is 9.62 Å². The summed E-state index contributed by atoms with van der Waals surface area (Å²) in [6.45, 7) is 9.31. The van der Waals surface area contributed by atoms with Gasteiger partial charge >= 0.3 is 0 Å². The highest BCUT2D eigenvalue weighted by Gasteiger charge is 2.22. The van der Waals surface area contributed by atoms with Gasteiger partial charge in [-0.15, -0.1) is 0 Å². The summed E-state index contributed by atoms with van der Waals surface area (Å²) < 4.78 is 26.6. The average molecular weight is 344 g/mol. The molecule has 0 heterocycles. The van der Waals surface area contributed by atoms with Crippen molar-refractivity contribution in [2.24, 2.45) is 0 Å². The van der Waals surface area contributed by atoms with Gasteiger partial charge in [-0.05, 0) is 43.3 Å². The van der Waals surface area contributed by atoms with Crippen molar-refractivity contribution >= 4 is 33.0 Å². The molecule has 0 spiro atoms. The summed E-state index contributed by atoms with van der Waals surface area (Å²) in [6.07, 6.45) is 0.969. The number of hydrogen-bond donors (Lipinski definition) is 2. The highest BCUT2D eigenvalue weighted by Crippen LogP contribution is 2.22. The van der Waals surface area contributed by atoms with Crippen LogP contribution in [0, 0.1) is 6.92 Å². The Bertz CT molecular complexity index is 611. The van der Waals surface area contributed by atoms with Gasteiger partial charge in [0.15, 0.2) is 5.11 Å². The van der Waals surface area contributed by atoms with E-state index in [1.54, 1.807) is 18.2 Å². The van der Waals surface area contributed by atoms with Crippen molar-refractivity contribution in [2.45, 2.75) is 39.0 Å². The molecular weight excluding hydrogens is 318 g/mol. The van der Waals surface area contributed by atoms with Crippen molar-refractivity contribution in [1.29, 1.82) is 0 Å². The molecule has 2 N–H and O–H groups in total. The Balaban J connectivity index is 3.06. The van der Waals surface area contributed by atoms with Crippen LogP contribution in [0.2, 0.25) is 0 Å². The number of nitrogens with zero attached hydrogens (tertiary/aromatic N) is 1. The monoisotopic (exact) mass is 343 g/mol. The molecule has 0 aliphatic rings. The minimum absolute atomic E-state index is 0.280. The minimum Gasteiger partial charge on any atom is -0.362 e. The predicted molar refractivity (Wildman–Crippen MR) is 95.8 cm³/mol. The summed E-state index contributed by atoms with van der Waals surface area (Å²) in [4.78, 5) is 0.280. The first-order valence-electron chi connectivity index (χ1n) is 7.52. The van der Waals surface area contributed by atoms with Gasteiger partial charge in [0.25, 0.3) is 0 Å². The van der Waals surface area contributed by atoms with Gasteiger partial charge in [-0.25, -0.2) is 8.42 Å². The van der Waals surface area contributed by atoms with Crippen LogP contribution in [0.1, 0.15) is 32.8 Å². The second kappa shape index (κ2) is 8.45. The standard InChI is InChI=1S/C15H25N3O2S2/c1-5-10-16-15(21)17-14-11-13(9-8-12(14)4)22(19,20)18(6-2)7-3/h8-9,11H,5-7,10H2,1-4H3,(H2,16,17,21). The number of nitrogens with one attached hydrogen (secondary N) is 2. The summed E-state index contributed by atoms with van der Waals surface area (Å²) in [5.74, 6) is 0. The molecule has 0 unspecified atom stereocenters. The fourth-order valence-electron chi connectivity index (χ4n) is 2.01. The SMILES string of the molecule is CCCNC(=S)Nc1cc(S(=O)(=O)N(CC)CC)ccc1C.